The molecule has 4 nitrogen and oxygen atoms in total. The zero-order chi connectivity index (χ0) is 15.4. The summed E-state index contributed by atoms with van der Waals surface area (Å²) >= 11 is 0. The van der Waals surface area contributed by atoms with Crippen molar-refractivity contribution < 1.29 is 9.84 Å². The van der Waals surface area contributed by atoms with Crippen molar-refractivity contribution in [3.05, 3.63) is 29.8 Å². The molecule has 1 aromatic rings. The molecular formula is C19H24N2O2. The molecule has 1 aromatic carbocycles. The summed E-state index contributed by atoms with van der Waals surface area (Å²) in [5.41, 5.74) is 1.32. The average Bonchev–Trinajstić information content (AvgIpc) is 3.09. The van der Waals surface area contributed by atoms with Crippen LogP contribution in [0, 0.1) is 5.92 Å². The molecule has 3 bridgehead atoms. The van der Waals surface area contributed by atoms with Gasteiger partial charge in [-0.25, -0.2) is 0 Å². The van der Waals surface area contributed by atoms with Gasteiger partial charge in [-0.3, -0.25) is 4.90 Å². The van der Waals surface area contributed by atoms with Gasteiger partial charge in [-0.05, 0) is 38.2 Å². The highest BCUT2D eigenvalue weighted by Gasteiger charge is 2.74. The van der Waals surface area contributed by atoms with Gasteiger partial charge in [-0.15, -0.1) is 0 Å². The van der Waals surface area contributed by atoms with E-state index in [9.17, 15) is 5.11 Å². The molecule has 0 aliphatic carbocycles. The molecule has 0 aromatic heterocycles. The summed E-state index contributed by atoms with van der Waals surface area (Å²) in [4.78, 5) is 5.07. The topological polar surface area (TPSA) is 35.9 Å². The van der Waals surface area contributed by atoms with Crippen molar-refractivity contribution in [3.8, 4) is 0 Å². The number of benzene rings is 1. The van der Waals surface area contributed by atoms with Crippen LogP contribution in [0.4, 0.5) is 5.69 Å². The lowest BCUT2D eigenvalue weighted by atomic mass is 9.74. The van der Waals surface area contributed by atoms with Gasteiger partial charge in [0, 0.05) is 30.3 Å². The summed E-state index contributed by atoms with van der Waals surface area (Å²) in [7, 11) is 0. The third-order valence-corrected chi connectivity index (χ3v) is 7.59. The van der Waals surface area contributed by atoms with Gasteiger partial charge in [0.2, 0.25) is 0 Å². The van der Waals surface area contributed by atoms with Crippen LogP contribution in [0.5, 0.6) is 0 Å². The molecule has 4 heteroatoms. The Morgan fingerprint density at radius 2 is 2.17 bits per heavy atom. The van der Waals surface area contributed by atoms with Gasteiger partial charge in [-0.1, -0.05) is 25.1 Å². The van der Waals surface area contributed by atoms with E-state index in [2.05, 4.69) is 41.0 Å². The normalized spacial score (nSPS) is 49.4. The Hall–Kier alpha value is -1.10. The van der Waals surface area contributed by atoms with Crippen LogP contribution in [-0.2, 0) is 10.3 Å². The number of fused-ring (bicyclic) bond motifs is 3. The number of ether oxygens (including phenoxy) is 1. The first-order valence-electron chi connectivity index (χ1n) is 9.18. The first kappa shape index (κ1) is 13.2. The summed E-state index contributed by atoms with van der Waals surface area (Å²) in [6.07, 6.45) is 5.47. The van der Waals surface area contributed by atoms with Crippen molar-refractivity contribution in [3.63, 3.8) is 0 Å². The molecule has 122 valence electrons. The van der Waals surface area contributed by atoms with Crippen molar-refractivity contribution in [1.82, 2.24) is 4.90 Å². The number of piperidine rings is 1. The maximum atomic E-state index is 11.8. The van der Waals surface area contributed by atoms with Crippen LogP contribution in [0.25, 0.3) is 0 Å². The van der Waals surface area contributed by atoms with Crippen LogP contribution in [0.1, 0.15) is 44.6 Å². The molecule has 0 saturated carbocycles. The van der Waals surface area contributed by atoms with E-state index in [0.717, 1.165) is 37.9 Å². The monoisotopic (exact) mass is 312 g/mol. The summed E-state index contributed by atoms with van der Waals surface area (Å²) in [5, 5.41) is 11.8. The van der Waals surface area contributed by atoms with Crippen LogP contribution >= 0.6 is 0 Å². The Labute approximate surface area is 137 Å². The van der Waals surface area contributed by atoms with Gasteiger partial charge in [0.1, 0.15) is 17.5 Å². The lowest BCUT2D eigenvalue weighted by molar-refractivity contribution is -0.0861. The summed E-state index contributed by atoms with van der Waals surface area (Å²) in [5.74, 6) is 0.610. The average molecular weight is 312 g/mol. The van der Waals surface area contributed by atoms with Gasteiger partial charge < -0.3 is 14.7 Å². The Kier molecular flexibility index (Phi) is 2.16. The number of hydrogen-bond acceptors (Lipinski definition) is 4. The molecule has 1 spiro atoms. The van der Waals surface area contributed by atoms with Crippen molar-refractivity contribution in [2.45, 2.75) is 62.1 Å². The molecule has 5 atom stereocenters. The van der Waals surface area contributed by atoms with Crippen molar-refractivity contribution in [2.24, 2.45) is 5.92 Å². The minimum absolute atomic E-state index is 0.00666. The number of aliphatic hydroxyl groups is 1. The van der Waals surface area contributed by atoms with Crippen LogP contribution in [0.2, 0.25) is 0 Å². The molecule has 0 unspecified atom stereocenters. The second kappa shape index (κ2) is 3.76. The number of nitrogens with zero attached hydrogens (tertiary/aromatic N) is 2. The molecule has 1 N–H and O–H groups in total. The lowest BCUT2D eigenvalue weighted by Gasteiger charge is -2.54. The van der Waals surface area contributed by atoms with E-state index >= 15 is 0 Å². The van der Waals surface area contributed by atoms with Gasteiger partial charge in [0.15, 0.2) is 0 Å². The summed E-state index contributed by atoms with van der Waals surface area (Å²) in [6.45, 7) is 4.22. The Morgan fingerprint density at radius 3 is 3.04 bits per heavy atom. The molecule has 0 radical (unpaired) electrons. The highest BCUT2D eigenvalue weighted by molar-refractivity contribution is 5.68. The predicted molar refractivity (Wildman–Crippen MR) is 87.0 cm³/mol. The SMILES string of the molecule is CC[C@@]12C[C@@H]3CC[C@@]45N(CC[C@]4(O)c4ccccc4N5[C@@H]3O1)C2. The molecule has 5 aliphatic heterocycles. The van der Waals surface area contributed by atoms with E-state index < -0.39 is 5.60 Å². The van der Waals surface area contributed by atoms with Crippen molar-refractivity contribution in [2.75, 3.05) is 18.0 Å². The maximum absolute atomic E-state index is 11.8. The van der Waals surface area contributed by atoms with Crippen molar-refractivity contribution in [1.29, 1.82) is 0 Å². The fourth-order valence-corrected chi connectivity index (χ4v) is 6.58. The molecular weight excluding hydrogens is 288 g/mol. The van der Waals surface area contributed by atoms with Gasteiger partial charge >= 0.3 is 0 Å². The van der Waals surface area contributed by atoms with E-state index in [0.29, 0.717) is 5.92 Å². The number of hydrogen-bond donors (Lipinski definition) is 1. The van der Waals surface area contributed by atoms with Gasteiger partial charge in [0.25, 0.3) is 0 Å². The molecule has 4 fully saturated rings. The standard InChI is InChI=1S/C19H24N2O2/c1-2-17-11-13-7-8-19-18(22,9-10-20(19)12-17)14-5-3-4-6-15(14)21(19)16(13)23-17/h3-6,13,16,22H,2,7-12H2,1H3/t13-,16+,17-,18-,19-/m0/s1. The second-order valence-electron chi connectivity index (χ2n) is 8.28. The largest absolute Gasteiger partial charge is 0.381 e. The van der Waals surface area contributed by atoms with E-state index in [1.807, 2.05) is 0 Å². The molecule has 0 amide bonds. The lowest BCUT2D eigenvalue weighted by Crippen LogP contribution is -2.69. The zero-order valence-electron chi connectivity index (χ0n) is 13.7. The summed E-state index contributed by atoms with van der Waals surface area (Å²) in [6, 6.07) is 8.50. The van der Waals surface area contributed by atoms with E-state index in [-0.39, 0.29) is 17.5 Å². The molecule has 5 aliphatic rings. The maximum Gasteiger partial charge on any atom is 0.135 e. The predicted octanol–water partition coefficient (Wildman–Crippen LogP) is 2.42. The second-order valence-corrected chi connectivity index (χ2v) is 8.28. The Morgan fingerprint density at radius 1 is 1.30 bits per heavy atom. The fraction of sp³-hybridized carbons (Fsp3) is 0.684. The molecule has 5 heterocycles. The number of rotatable bonds is 1. The van der Waals surface area contributed by atoms with Crippen LogP contribution in [0.3, 0.4) is 0 Å². The Balaban J connectivity index is 1.65. The fourth-order valence-electron chi connectivity index (χ4n) is 6.58. The van der Waals surface area contributed by atoms with Crippen LogP contribution in [0.15, 0.2) is 24.3 Å². The minimum Gasteiger partial charge on any atom is -0.381 e. The third kappa shape index (κ3) is 1.20. The zero-order valence-corrected chi connectivity index (χ0v) is 13.7. The van der Waals surface area contributed by atoms with Crippen LogP contribution < -0.4 is 4.90 Å². The highest BCUT2D eigenvalue weighted by Crippen LogP contribution is 2.66. The molecule has 6 rings (SSSR count). The first-order valence-corrected chi connectivity index (χ1v) is 9.18. The van der Waals surface area contributed by atoms with E-state index in [4.69, 9.17) is 4.74 Å². The van der Waals surface area contributed by atoms with E-state index in [1.54, 1.807) is 0 Å². The molecule has 4 saturated heterocycles. The minimum atomic E-state index is -0.739. The quantitative estimate of drug-likeness (QED) is 0.864. The first-order chi connectivity index (χ1) is 11.1. The third-order valence-electron chi connectivity index (χ3n) is 7.59. The number of para-hydroxylation sites is 1. The smallest absolute Gasteiger partial charge is 0.135 e. The summed E-state index contributed by atoms with van der Waals surface area (Å²) < 4.78 is 6.73. The molecule has 23 heavy (non-hydrogen) atoms. The number of anilines is 1. The highest BCUT2D eigenvalue weighted by atomic mass is 16.5. The van der Waals surface area contributed by atoms with Crippen molar-refractivity contribution >= 4 is 5.69 Å². The van der Waals surface area contributed by atoms with E-state index in [1.165, 1.54) is 18.5 Å². The Bertz CT molecular complexity index is 708. The van der Waals surface area contributed by atoms with Gasteiger partial charge in [0.05, 0.1) is 5.60 Å². The van der Waals surface area contributed by atoms with Gasteiger partial charge in [-0.2, -0.15) is 0 Å². The van der Waals surface area contributed by atoms with Crippen LogP contribution in [-0.4, -0.2) is 40.6 Å².